The summed E-state index contributed by atoms with van der Waals surface area (Å²) in [6.45, 7) is 3.50. The van der Waals surface area contributed by atoms with E-state index in [-0.39, 0.29) is 0 Å². The number of ether oxygens (including phenoxy) is 1. The molecule has 1 aromatic carbocycles. The molecule has 0 aliphatic heterocycles. The van der Waals surface area contributed by atoms with Gasteiger partial charge in [0, 0.05) is 25.7 Å². The first kappa shape index (κ1) is 13.2. The Morgan fingerprint density at radius 2 is 2.10 bits per heavy atom. The summed E-state index contributed by atoms with van der Waals surface area (Å²) < 4.78 is 7.59. The number of nitrogens with one attached hydrogen (secondary N) is 1. The lowest BCUT2D eigenvalue weighted by Crippen LogP contribution is -2.15. The SMILES string of the molecule is Cc1cc(OCc2cccc(CNC3CC3)c2)n(C)n1. The van der Waals surface area contributed by atoms with Crippen molar-refractivity contribution in [2.45, 2.75) is 39.0 Å². The first-order chi connectivity index (χ1) is 9.70. The third-order valence-electron chi connectivity index (χ3n) is 3.51. The Labute approximate surface area is 119 Å². The maximum absolute atomic E-state index is 5.82. The van der Waals surface area contributed by atoms with Crippen LogP contribution in [0.15, 0.2) is 30.3 Å². The number of aryl methyl sites for hydroxylation is 2. The molecule has 0 bridgehead atoms. The van der Waals surface area contributed by atoms with E-state index in [0.717, 1.165) is 24.2 Å². The molecular weight excluding hydrogens is 250 g/mol. The molecule has 1 aliphatic carbocycles. The van der Waals surface area contributed by atoms with E-state index in [9.17, 15) is 0 Å². The van der Waals surface area contributed by atoms with Crippen LogP contribution in [0.2, 0.25) is 0 Å². The molecule has 0 unspecified atom stereocenters. The minimum absolute atomic E-state index is 0.580. The lowest BCUT2D eigenvalue weighted by atomic mass is 10.1. The lowest BCUT2D eigenvalue weighted by Gasteiger charge is -2.08. The van der Waals surface area contributed by atoms with Crippen molar-refractivity contribution in [3.8, 4) is 5.88 Å². The summed E-state index contributed by atoms with van der Waals surface area (Å²) >= 11 is 0. The predicted octanol–water partition coefficient (Wildman–Crippen LogP) is 2.56. The Morgan fingerprint density at radius 3 is 2.80 bits per heavy atom. The molecule has 0 spiro atoms. The summed E-state index contributed by atoms with van der Waals surface area (Å²) in [4.78, 5) is 0. The van der Waals surface area contributed by atoms with Gasteiger partial charge in [0.15, 0.2) is 0 Å². The van der Waals surface area contributed by atoms with E-state index in [2.05, 4.69) is 34.7 Å². The van der Waals surface area contributed by atoms with Crippen molar-refractivity contribution in [1.29, 1.82) is 0 Å². The average molecular weight is 271 g/mol. The Bertz CT molecular complexity index is 587. The zero-order chi connectivity index (χ0) is 13.9. The molecule has 4 nitrogen and oxygen atoms in total. The zero-order valence-electron chi connectivity index (χ0n) is 12.1. The second kappa shape index (κ2) is 5.67. The molecule has 1 saturated carbocycles. The standard InChI is InChI=1S/C16H21N3O/c1-12-8-16(19(2)18-12)20-11-14-5-3-4-13(9-14)10-17-15-6-7-15/h3-5,8-9,15,17H,6-7,10-11H2,1-2H3. The minimum atomic E-state index is 0.580. The van der Waals surface area contributed by atoms with Crippen LogP contribution in [0.1, 0.15) is 29.7 Å². The molecule has 106 valence electrons. The second-order valence-electron chi connectivity index (χ2n) is 5.51. The van der Waals surface area contributed by atoms with Crippen molar-refractivity contribution in [2.75, 3.05) is 0 Å². The van der Waals surface area contributed by atoms with Gasteiger partial charge < -0.3 is 10.1 Å². The van der Waals surface area contributed by atoms with E-state index in [1.807, 2.05) is 20.0 Å². The summed E-state index contributed by atoms with van der Waals surface area (Å²) in [5, 5.41) is 7.81. The van der Waals surface area contributed by atoms with Gasteiger partial charge in [-0.25, -0.2) is 4.68 Å². The van der Waals surface area contributed by atoms with E-state index in [0.29, 0.717) is 6.61 Å². The molecule has 1 aromatic heterocycles. The summed E-state index contributed by atoms with van der Waals surface area (Å²) in [7, 11) is 1.90. The van der Waals surface area contributed by atoms with Gasteiger partial charge in [0.1, 0.15) is 6.61 Å². The van der Waals surface area contributed by atoms with Crippen molar-refractivity contribution < 1.29 is 4.74 Å². The molecule has 1 fully saturated rings. The fourth-order valence-electron chi connectivity index (χ4n) is 2.26. The van der Waals surface area contributed by atoms with Crippen LogP contribution in [-0.4, -0.2) is 15.8 Å². The molecule has 1 aliphatic rings. The number of aromatic nitrogens is 2. The van der Waals surface area contributed by atoms with E-state index in [4.69, 9.17) is 4.74 Å². The Hall–Kier alpha value is -1.81. The number of hydrogen-bond acceptors (Lipinski definition) is 3. The van der Waals surface area contributed by atoms with Gasteiger partial charge in [-0.2, -0.15) is 5.10 Å². The van der Waals surface area contributed by atoms with Gasteiger partial charge in [0.2, 0.25) is 5.88 Å². The van der Waals surface area contributed by atoms with E-state index < -0.39 is 0 Å². The third-order valence-corrected chi connectivity index (χ3v) is 3.51. The Balaban J connectivity index is 1.58. The fourth-order valence-corrected chi connectivity index (χ4v) is 2.26. The average Bonchev–Trinajstić information content (AvgIpc) is 3.20. The van der Waals surface area contributed by atoms with Gasteiger partial charge in [-0.3, -0.25) is 0 Å². The first-order valence-electron chi connectivity index (χ1n) is 7.15. The highest BCUT2D eigenvalue weighted by molar-refractivity contribution is 5.24. The Morgan fingerprint density at radius 1 is 1.30 bits per heavy atom. The van der Waals surface area contributed by atoms with Crippen molar-refractivity contribution in [3.05, 3.63) is 47.2 Å². The number of rotatable bonds is 6. The molecule has 0 saturated heterocycles. The van der Waals surface area contributed by atoms with Crippen LogP contribution >= 0.6 is 0 Å². The smallest absolute Gasteiger partial charge is 0.212 e. The highest BCUT2D eigenvalue weighted by atomic mass is 16.5. The van der Waals surface area contributed by atoms with Crippen molar-refractivity contribution >= 4 is 0 Å². The maximum Gasteiger partial charge on any atom is 0.212 e. The maximum atomic E-state index is 5.82. The van der Waals surface area contributed by atoms with E-state index in [1.165, 1.54) is 24.0 Å². The largest absolute Gasteiger partial charge is 0.473 e. The summed E-state index contributed by atoms with van der Waals surface area (Å²) in [6, 6.07) is 11.3. The number of hydrogen-bond donors (Lipinski definition) is 1. The van der Waals surface area contributed by atoms with Crippen molar-refractivity contribution in [3.63, 3.8) is 0 Å². The highest BCUT2D eigenvalue weighted by Gasteiger charge is 2.19. The van der Waals surface area contributed by atoms with E-state index >= 15 is 0 Å². The molecule has 20 heavy (non-hydrogen) atoms. The third kappa shape index (κ3) is 3.39. The van der Waals surface area contributed by atoms with E-state index in [1.54, 1.807) is 4.68 Å². The van der Waals surface area contributed by atoms with Gasteiger partial charge in [-0.05, 0) is 30.9 Å². The Kier molecular flexibility index (Phi) is 3.74. The molecule has 3 rings (SSSR count). The van der Waals surface area contributed by atoms with Crippen molar-refractivity contribution in [2.24, 2.45) is 7.05 Å². The van der Waals surface area contributed by atoms with Crippen molar-refractivity contribution in [1.82, 2.24) is 15.1 Å². The second-order valence-corrected chi connectivity index (χ2v) is 5.51. The highest BCUT2D eigenvalue weighted by Crippen LogP contribution is 2.19. The van der Waals surface area contributed by atoms with Crippen LogP contribution < -0.4 is 10.1 Å². The predicted molar refractivity (Wildman–Crippen MR) is 78.6 cm³/mol. The minimum Gasteiger partial charge on any atom is -0.473 e. The molecule has 0 amide bonds. The molecule has 0 atom stereocenters. The summed E-state index contributed by atoms with van der Waals surface area (Å²) in [5.74, 6) is 0.809. The first-order valence-corrected chi connectivity index (χ1v) is 7.15. The summed E-state index contributed by atoms with van der Waals surface area (Å²) in [5.41, 5.74) is 3.49. The molecule has 1 N–H and O–H groups in total. The van der Waals surface area contributed by atoms with Crippen LogP contribution in [0.4, 0.5) is 0 Å². The number of benzene rings is 1. The normalized spacial score (nSPS) is 14.5. The molecule has 2 aromatic rings. The van der Waals surface area contributed by atoms with Crippen LogP contribution in [-0.2, 0) is 20.2 Å². The molecular formula is C16H21N3O. The molecule has 4 heteroatoms. The van der Waals surface area contributed by atoms with Gasteiger partial charge >= 0.3 is 0 Å². The quantitative estimate of drug-likeness (QED) is 0.877. The zero-order valence-corrected chi connectivity index (χ0v) is 12.1. The molecule has 0 radical (unpaired) electrons. The van der Waals surface area contributed by atoms with Gasteiger partial charge in [0.25, 0.3) is 0 Å². The fraction of sp³-hybridized carbons (Fsp3) is 0.438. The van der Waals surface area contributed by atoms with Gasteiger partial charge in [-0.1, -0.05) is 24.3 Å². The van der Waals surface area contributed by atoms with Crippen LogP contribution in [0, 0.1) is 6.92 Å². The van der Waals surface area contributed by atoms with Gasteiger partial charge in [0.05, 0.1) is 5.69 Å². The summed E-state index contributed by atoms with van der Waals surface area (Å²) in [6.07, 6.45) is 2.64. The van der Waals surface area contributed by atoms with Gasteiger partial charge in [-0.15, -0.1) is 0 Å². The van der Waals surface area contributed by atoms with Crippen LogP contribution in [0.5, 0.6) is 5.88 Å². The number of nitrogens with zero attached hydrogens (tertiary/aromatic N) is 2. The monoisotopic (exact) mass is 271 g/mol. The molecule has 1 heterocycles. The van der Waals surface area contributed by atoms with Crippen LogP contribution in [0.25, 0.3) is 0 Å². The van der Waals surface area contributed by atoms with Crippen LogP contribution in [0.3, 0.4) is 0 Å². The topological polar surface area (TPSA) is 39.1 Å². The lowest BCUT2D eigenvalue weighted by molar-refractivity contribution is 0.278.